The molecule has 3 N–H and O–H groups in total. The Labute approximate surface area is 222 Å². The van der Waals surface area contributed by atoms with Crippen LogP contribution in [-0.4, -0.2) is 57.4 Å². The molecule has 2 aliphatic heterocycles. The number of carbonyl (C=O) groups excluding carboxylic acids is 1. The van der Waals surface area contributed by atoms with Gasteiger partial charge in [-0.25, -0.2) is 13.1 Å². The Morgan fingerprint density at radius 3 is 2.51 bits per heavy atom. The minimum absolute atomic E-state index is 0.0580. The molecule has 0 bridgehead atoms. The van der Waals surface area contributed by atoms with Crippen molar-refractivity contribution in [3.8, 4) is 0 Å². The molecule has 0 aromatic carbocycles. The second-order valence-electron chi connectivity index (χ2n) is 10.6. The van der Waals surface area contributed by atoms with Crippen LogP contribution in [0.1, 0.15) is 69.8 Å². The number of rotatable bonds is 6. The Morgan fingerprint density at radius 2 is 1.81 bits per heavy atom. The number of thiophene rings is 1. The molecule has 4 aliphatic rings. The summed E-state index contributed by atoms with van der Waals surface area (Å²) in [6, 6.07) is -0.0903. The maximum atomic E-state index is 13.9. The van der Waals surface area contributed by atoms with Crippen LogP contribution >= 0.6 is 11.3 Å². The largest absolute Gasteiger partial charge is 0.511 e. The third-order valence-electron chi connectivity index (χ3n) is 7.92. The van der Waals surface area contributed by atoms with E-state index in [9.17, 15) is 26.7 Å². The van der Waals surface area contributed by atoms with Crippen LogP contribution in [0.4, 0.5) is 5.00 Å². The molecule has 2 saturated carbocycles. The SMILES string of the molecule is CS(=O)(=O)NCc1csc2c1S(=O)(=O)N=C(C1=C(O)C3CCCCCC3N(CC3CCCCC3)C1=O)N2. The zero-order valence-corrected chi connectivity index (χ0v) is 23.4. The van der Waals surface area contributed by atoms with Gasteiger partial charge in [0.25, 0.3) is 15.9 Å². The predicted octanol–water partition coefficient (Wildman–Crippen LogP) is 3.49. The van der Waals surface area contributed by atoms with Crippen LogP contribution in [0, 0.1) is 11.8 Å². The Bertz CT molecular complexity index is 1340. The van der Waals surface area contributed by atoms with Crippen LogP contribution in [0.3, 0.4) is 0 Å². The van der Waals surface area contributed by atoms with E-state index < -0.39 is 20.0 Å². The molecular formula is C24H34N4O6S3. The van der Waals surface area contributed by atoms with Crippen LogP contribution < -0.4 is 10.0 Å². The summed E-state index contributed by atoms with van der Waals surface area (Å²) < 4.78 is 55.8. The van der Waals surface area contributed by atoms with Gasteiger partial charge in [0.15, 0.2) is 5.84 Å². The Morgan fingerprint density at radius 1 is 1.14 bits per heavy atom. The summed E-state index contributed by atoms with van der Waals surface area (Å²) >= 11 is 1.10. The van der Waals surface area contributed by atoms with Gasteiger partial charge in [-0.05, 0) is 37.0 Å². The van der Waals surface area contributed by atoms with Gasteiger partial charge in [-0.3, -0.25) is 4.79 Å². The van der Waals surface area contributed by atoms with Crippen molar-refractivity contribution in [2.45, 2.75) is 81.7 Å². The highest BCUT2D eigenvalue weighted by atomic mass is 32.2. The molecule has 2 unspecified atom stereocenters. The summed E-state index contributed by atoms with van der Waals surface area (Å²) in [6.07, 6.45) is 11.2. The lowest BCUT2D eigenvalue weighted by Crippen LogP contribution is -2.53. The van der Waals surface area contributed by atoms with Crippen molar-refractivity contribution < 1.29 is 26.7 Å². The molecule has 37 heavy (non-hydrogen) atoms. The van der Waals surface area contributed by atoms with E-state index in [1.54, 1.807) is 5.38 Å². The Balaban J connectivity index is 1.50. The van der Waals surface area contributed by atoms with Crippen LogP contribution in [0.25, 0.3) is 0 Å². The minimum Gasteiger partial charge on any atom is -0.511 e. The van der Waals surface area contributed by atoms with E-state index in [-0.39, 0.29) is 57.0 Å². The molecule has 0 saturated heterocycles. The van der Waals surface area contributed by atoms with Crippen LogP contribution in [-0.2, 0) is 31.4 Å². The number of amides is 1. The summed E-state index contributed by atoms with van der Waals surface area (Å²) in [5.74, 6) is -0.438. The quantitative estimate of drug-likeness (QED) is 0.475. The summed E-state index contributed by atoms with van der Waals surface area (Å²) in [5.41, 5.74) is 0.217. The number of carbonyl (C=O) groups is 1. The van der Waals surface area contributed by atoms with Crippen LogP contribution in [0.15, 0.2) is 26.0 Å². The van der Waals surface area contributed by atoms with E-state index in [4.69, 9.17) is 0 Å². The molecule has 1 aromatic heterocycles. The van der Waals surface area contributed by atoms with Gasteiger partial charge in [0.05, 0.1) is 6.26 Å². The monoisotopic (exact) mass is 570 g/mol. The zero-order chi connectivity index (χ0) is 26.4. The molecule has 1 aromatic rings. The molecule has 10 nitrogen and oxygen atoms in total. The first-order chi connectivity index (χ1) is 17.5. The molecule has 2 aliphatic carbocycles. The van der Waals surface area contributed by atoms with Gasteiger partial charge in [0.1, 0.15) is 21.2 Å². The highest BCUT2D eigenvalue weighted by molar-refractivity contribution is 7.91. The number of aliphatic hydroxyl groups excluding tert-OH is 1. The van der Waals surface area contributed by atoms with Crippen molar-refractivity contribution in [2.24, 2.45) is 16.2 Å². The van der Waals surface area contributed by atoms with Crippen molar-refractivity contribution in [3.05, 3.63) is 22.3 Å². The number of hydrogen-bond donors (Lipinski definition) is 3. The second kappa shape index (κ2) is 10.3. The number of aliphatic hydroxyl groups is 1. The maximum absolute atomic E-state index is 13.9. The van der Waals surface area contributed by atoms with Crippen LogP contribution in [0.5, 0.6) is 0 Å². The van der Waals surface area contributed by atoms with Crippen LogP contribution in [0.2, 0.25) is 0 Å². The summed E-state index contributed by atoms with van der Waals surface area (Å²) in [6.45, 7) is 0.421. The lowest BCUT2D eigenvalue weighted by Gasteiger charge is -2.43. The van der Waals surface area contributed by atoms with E-state index in [1.807, 2.05) is 4.90 Å². The average Bonchev–Trinajstić information content (AvgIpc) is 3.09. The molecule has 13 heteroatoms. The van der Waals surface area contributed by atoms with Gasteiger partial charge in [0, 0.05) is 30.6 Å². The second-order valence-corrected chi connectivity index (χ2v) is 14.8. The first-order valence-electron chi connectivity index (χ1n) is 13.0. The molecule has 0 spiro atoms. The normalized spacial score (nSPS) is 26.7. The van der Waals surface area contributed by atoms with E-state index in [2.05, 4.69) is 14.4 Å². The molecule has 2 fully saturated rings. The Kier molecular flexibility index (Phi) is 7.42. The number of amidine groups is 1. The number of sulfonamides is 2. The number of anilines is 1. The van der Waals surface area contributed by atoms with Gasteiger partial charge in [-0.15, -0.1) is 15.7 Å². The van der Waals surface area contributed by atoms with Gasteiger partial charge in [0.2, 0.25) is 10.0 Å². The van der Waals surface area contributed by atoms with Gasteiger partial charge in [-0.2, -0.15) is 8.42 Å². The Hall–Kier alpha value is -1.96. The zero-order valence-electron chi connectivity index (χ0n) is 20.9. The molecular weight excluding hydrogens is 536 g/mol. The highest BCUT2D eigenvalue weighted by Gasteiger charge is 2.45. The molecule has 1 amide bonds. The van der Waals surface area contributed by atoms with Crippen molar-refractivity contribution in [1.82, 2.24) is 9.62 Å². The van der Waals surface area contributed by atoms with Crippen molar-refractivity contribution in [1.29, 1.82) is 0 Å². The van der Waals surface area contributed by atoms with E-state index in [0.29, 0.717) is 12.5 Å². The van der Waals surface area contributed by atoms with E-state index in [0.717, 1.165) is 75.4 Å². The van der Waals surface area contributed by atoms with Gasteiger partial charge < -0.3 is 15.3 Å². The molecule has 0 radical (unpaired) electrons. The third-order valence-corrected chi connectivity index (χ3v) is 11.1. The summed E-state index contributed by atoms with van der Waals surface area (Å²) in [4.78, 5) is 15.7. The summed E-state index contributed by atoms with van der Waals surface area (Å²) in [5, 5.41) is 16.2. The fourth-order valence-electron chi connectivity index (χ4n) is 6.15. The lowest BCUT2D eigenvalue weighted by atomic mass is 9.82. The molecule has 2 atom stereocenters. The standard InChI is InChI=1S/C24H34N4O6S3/c1-36(31,32)25-12-16-14-35-23-21(16)37(33,34)27-22(26-23)19-20(29)17-10-6-3-7-11-18(17)28(24(19)30)13-15-8-4-2-5-9-15/h14-15,17-18,25,29H,2-13H2,1H3,(H,26,27). The smallest absolute Gasteiger partial charge is 0.287 e. The number of hydrogen-bond acceptors (Lipinski definition) is 8. The molecule has 5 rings (SSSR count). The van der Waals surface area contributed by atoms with Crippen molar-refractivity contribution >= 4 is 48.1 Å². The fourth-order valence-corrected chi connectivity index (χ4v) is 9.17. The number of fused-ring (bicyclic) bond motifs is 2. The van der Waals surface area contributed by atoms with Gasteiger partial charge in [-0.1, -0.05) is 38.5 Å². The van der Waals surface area contributed by atoms with E-state index >= 15 is 0 Å². The number of nitrogens with one attached hydrogen (secondary N) is 2. The highest BCUT2D eigenvalue weighted by Crippen LogP contribution is 2.42. The molecule has 204 valence electrons. The first-order valence-corrected chi connectivity index (χ1v) is 17.2. The lowest BCUT2D eigenvalue weighted by molar-refractivity contribution is -0.133. The van der Waals surface area contributed by atoms with Gasteiger partial charge >= 0.3 is 0 Å². The molecule has 3 heterocycles. The number of nitrogens with zero attached hydrogens (tertiary/aromatic N) is 2. The predicted molar refractivity (Wildman–Crippen MR) is 143 cm³/mol. The van der Waals surface area contributed by atoms with Crippen molar-refractivity contribution in [2.75, 3.05) is 18.1 Å². The topological polar surface area (TPSA) is 145 Å². The fraction of sp³-hybridized carbons (Fsp3) is 0.667. The first kappa shape index (κ1) is 26.6. The van der Waals surface area contributed by atoms with Crippen molar-refractivity contribution in [3.63, 3.8) is 0 Å². The average molecular weight is 571 g/mol. The third kappa shape index (κ3) is 5.45. The minimum atomic E-state index is -4.24. The summed E-state index contributed by atoms with van der Waals surface area (Å²) in [7, 11) is -7.77. The van der Waals surface area contributed by atoms with E-state index in [1.165, 1.54) is 6.42 Å². The maximum Gasteiger partial charge on any atom is 0.287 e.